The van der Waals surface area contributed by atoms with Crippen LogP contribution < -0.4 is 0 Å². The SMILES string of the molecule is CCn1c(SCc2cccc(F)c2)nnc1-c1csc(C)c1. The Morgan fingerprint density at radius 2 is 2.14 bits per heavy atom. The Morgan fingerprint density at radius 1 is 1.27 bits per heavy atom. The molecule has 3 rings (SSSR count). The van der Waals surface area contributed by atoms with E-state index in [1.165, 1.54) is 10.9 Å². The molecule has 0 N–H and O–H groups in total. The molecular weight excluding hydrogens is 317 g/mol. The zero-order valence-electron chi connectivity index (χ0n) is 12.4. The van der Waals surface area contributed by atoms with Crippen molar-refractivity contribution in [2.45, 2.75) is 31.3 Å². The molecule has 0 fully saturated rings. The normalized spacial score (nSPS) is 11.0. The summed E-state index contributed by atoms with van der Waals surface area (Å²) in [4.78, 5) is 1.26. The summed E-state index contributed by atoms with van der Waals surface area (Å²) in [6.45, 7) is 4.97. The molecule has 2 aromatic heterocycles. The molecule has 0 aliphatic heterocycles. The van der Waals surface area contributed by atoms with E-state index in [1.54, 1.807) is 35.2 Å². The first-order valence-electron chi connectivity index (χ1n) is 7.03. The number of halogens is 1. The third-order valence-electron chi connectivity index (χ3n) is 3.28. The van der Waals surface area contributed by atoms with Crippen molar-refractivity contribution in [2.24, 2.45) is 0 Å². The number of rotatable bonds is 5. The van der Waals surface area contributed by atoms with Gasteiger partial charge in [-0.05, 0) is 37.6 Å². The summed E-state index contributed by atoms with van der Waals surface area (Å²) in [7, 11) is 0. The lowest BCUT2D eigenvalue weighted by Gasteiger charge is -2.06. The molecule has 2 heterocycles. The molecule has 6 heteroatoms. The number of benzene rings is 1. The van der Waals surface area contributed by atoms with Gasteiger partial charge in [0.2, 0.25) is 0 Å². The van der Waals surface area contributed by atoms with E-state index < -0.39 is 0 Å². The van der Waals surface area contributed by atoms with Crippen molar-refractivity contribution < 1.29 is 4.39 Å². The summed E-state index contributed by atoms with van der Waals surface area (Å²) < 4.78 is 15.3. The number of thioether (sulfide) groups is 1. The van der Waals surface area contributed by atoms with E-state index in [4.69, 9.17) is 0 Å². The van der Waals surface area contributed by atoms with Gasteiger partial charge in [0.15, 0.2) is 11.0 Å². The number of nitrogens with zero attached hydrogens (tertiary/aromatic N) is 3. The van der Waals surface area contributed by atoms with E-state index >= 15 is 0 Å². The molecule has 0 amide bonds. The second kappa shape index (κ2) is 6.62. The Hall–Kier alpha value is -1.66. The van der Waals surface area contributed by atoms with Crippen molar-refractivity contribution in [1.82, 2.24) is 14.8 Å². The third kappa shape index (κ3) is 3.23. The highest BCUT2D eigenvalue weighted by molar-refractivity contribution is 7.98. The van der Waals surface area contributed by atoms with E-state index in [9.17, 15) is 4.39 Å². The van der Waals surface area contributed by atoms with Gasteiger partial charge >= 0.3 is 0 Å². The molecule has 0 saturated heterocycles. The number of hydrogen-bond donors (Lipinski definition) is 0. The Morgan fingerprint density at radius 3 is 2.82 bits per heavy atom. The fourth-order valence-electron chi connectivity index (χ4n) is 2.23. The van der Waals surface area contributed by atoms with Crippen molar-refractivity contribution in [1.29, 1.82) is 0 Å². The molecule has 0 aliphatic rings. The molecule has 0 radical (unpaired) electrons. The lowest BCUT2D eigenvalue weighted by Crippen LogP contribution is -1.99. The van der Waals surface area contributed by atoms with Crippen LogP contribution in [-0.2, 0) is 12.3 Å². The standard InChI is InChI=1S/C16H16FN3S2/c1-3-20-15(13-7-11(2)21-10-13)18-19-16(20)22-9-12-5-4-6-14(17)8-12/h4-8,10H,3,9H2,1-2H3. The summed E-state index contributed by atoms with van der Waals surface area (Å²) in [5.41, 5.74) is 2.05. The molecule has 22 heavy (non-hydrogen) atoms. The highest BCUT2D eigenvalue weighted by Crippen LogP contribution is 2.28. The quantitative estimate of drug-likeness (QED) is 0.630. The van der Waals surface area contributed by atoms with Crippen LogP contribution in [-0.4, -0.2) is 14.8 Å². The summed E-state index contributed by atoms with van der Waals surface area (Å²) in [6.07, 6.45) is 0. The molecule has 3 nitrogen and oxygen atoms in total. The van der Waals surface area contributed by atoms with Gasteiger partial charge in [0, 0.05) is 28.1 Å². The maximum Gasteiger partial charge on any atom is 0.191 e. The average Bonchev–Trinajstić information content (AvgIpc) is 3.10. The molecular formula is C16H16FN3S2. The van der Waals surface area contributed by atoms with Crippen molar-refractivity contribution in [3.05, 3.63) is 52.0 Å². The minimum absolute atomic E-state index is 0.204. The monoisotopic (exact) mass is 333 g/mol. The zero-order chi connectivity index (χ0) is 15.5. The van der Waals surface area contributed by atoms with Gasteiger partial charge in [0.25, 0.3) is 0 Å². The van der Waals surface area contributed by atoms with E-state index in [1.807, 2.05) is 6.07 Å². The lowest BCUT2D eigenvalue weighted by molar-refractivity contribution is 0.626. The first-order valence-corrected chi connectivity index (χ1v) is 8.90. The van der Waals surface area contributed by atoms with Crippen LogP contribution in [0.2, 0.25) is 0 Å². The van der Waals surface area contributed by atoms with Crippen LogP contribution in [0.3, 0.4) is 0 Å². The van der Waals surface area contributed by atoms with Crippen molar-refractivity contribution in [2.75, 3.05) is 0 Å². The maximum atomic E-state index is 13.2. The fraction of sp³-hybridized carbons (Fsp3) is 0.250. The minimum atomic E-state index is -0.204. The summed E-state index contributed by atoms with van der Waals surface area (Å²) in [5.74, 6) is 1.37. The minimum Gasteiger partial charge on any atom is -0.302 e. The molecule has 0 atom stereocenters. The first-order chi connectivity index (χ1) is 10.7. The van der Waals surface area contributed by atoms with Crippen LogP contribution in [0.1, 0.15) is 17.4 Å². The summed E-state index contributed by atoms with van der Waals surface area (Å²) in [5, 5.41) is 11.6. The number of hydrogen-bond acceptors (Lipinski definition) is 4. The fourth-order valence-corrected chi connectivity index (χ4v) is 3.86. The predicted octanol–water partition coefficient (Wildman–Crippen LogP) is 4.77. The topological polar surface area (TPSA) is 30.7 Å². The Kier molecular flexibility index (Phi) is 4.59. The van der Waals surface area contributed by atoms with Gasteiger partial charge in [-0.25, -0.2) is 4.39 Å². The van der Waals surface area contributed by atoms with Crippen LogP contribution in [0.25, 0.3) is 11.4 Å². The molecule has 3 aromatic rings. The number of thiophene rings is 1. The second-order valence-corrected chi connectivity index (χ2v) is 6.97. The molecule has 0 saturated carbocycles. The third-order valence-corrected chi connectivity index (χ3v) is 5.18. The van der Waals surface area contributed by atoms with Gasteiger partial charge in [-0.1, -0.05) is 23.9 Å². The molecule has 0 bridgehead atoms. The van der Waals surface area contributed by atoms with Crippen molar-refractivity contribution in [3.63, 3.8) is 0 Å². The maximum absolute atomic E-state index is 13.2. The lowest BCUT2D eigenvalue weighted by atomic mass is 10.2. The Balaban J connectivity index is 1.81. The van der Waals surface area contributed by atoms with Gasteiger partial charge < -0.3 is 4.57 Å². The summed E-state index contributed by atoms with van der Waals surface area (Å²) in [6, 6.07) is 8.80. The Bertz CT molecular complexity index is 779. The predicted molar refractivity (Wildman–Crippen MR) is 89.7 cm³/mol. The highest BCUT2D eigenvalue weighted by Gasteiger charge is 2.14. The number of aromatic nitrogens is 3. The van der Waals surface area contributed by atoms with Gasteiger partial charge in [-0.2, -0.15) is 0 Å². The Labute approximate surface area is 137 Å². The van der Waals surface area contributed by atoms with E-state index in [2.05, 4.69) is 40.1 Å². The molecule has 0 aliphatic carbocycles. The first kappa shape index (κ1) is 15.2. The second-order valence-electron chi connectivity index (χ2n) is 4.92. The van der Waals surface area contributed by atoms with E-state index in [0.29, 0.717) is 5.75 Å². The van der Waals surface area contributed by atoms with Crippen LogP contribution in [0, 0.1) is 12.7 Å². The highest BCUT2D eigenvalue weighted by atomic mass is 32.2. The molecule has 0 spiro atoms. The van der Waals surface area contributed by atoms with E-state index in [-0.39, 0.29) is 5.82 Å². The largest absolute Gasteiger partial charge is 0.302 e. The van der Waals surface area contributed by atoms with Gasteiger partial charge in [-0.3, -0.25) is 0 Å². The van der Waals surface area contributed by atoms with Crippen molar-refractivity contribution >= 4 is 23.1 Å². The van der Waals surface area contributed by atoms with Crippen LogP contribution >= 0.6 is 23.1 Å². The molecule has 0 unspecified atom stereocenters. The molecule has 114 valence electrons. The number of aryl methyl sites for hydroxylation is 1. The van der Waals surface area contributed by atoms with Gasteiger partial charge in [0.1, 0.15) is 5.82 Å². The smallest absolute Gasteiger partial charge is 0.191 e. The molecule has 1 aromatic carbocycles. The van der Waals surface area contributed by atoms with Gasteiger partial charge in [-0.15, -0.1) is 21.5 Å². The van der Waals surface area contributed by atoms with Crippen LogP contribution in [0.15, 0.2) is 40.9 Å². The van der Waals surface area contributed by atoms with Crippen LogP contribution in [0.5, 0.6) is 0 Å². The summed E-state index contributed by atoms with van der Waals surface area (Å²) >= 11 is 3.29. The average molecular weight is 333 g/mol. The van der Waals surface area contributed by atoms with E-state index in [0.717, 1.165) is 28.7 Å². The zero-order valence-corrected chi connectivity index (χ0v) is 14.0. The van der Waals surface area contributed by atoms with Gasteiger partial charge in [0.05, 0.1) is 0 Å². The van der Waals surface area contributed by atoms with Crippen LogP contribution in [0.4, 0.5) is 4.39 Å². The van der Waals surface area contributed by atoms with Crippen molar-refractivity contribution in [3.8, 4) is 11.4 Å².